The van der Waals surface area contributed by atoms with Gasteiger partial charge in [0.2, 0.25) is 6.79 Å². The van der Waals surface area contributed by atoms with Crippen molar-refractivity contribution in [3.05, 3.63) is 65.9 Å². The fourth-order valence-electron chi connectivity index (χ4n) is 2.78. The molecule has 0 atom stereocenters. The molecular weight excluding hydrogens is 274 g/mol. The highest BCUT2D eigenvalue weighted by Gasteiger charge is 2.16. The van der Waals surface area contributed by atoms with Gasteiger partial charge in [-0.1, -0.05) is 29.8 Å². The lowest BCUT2D eigenvalue weighted by Crippen LogP contribution is -1.99. The van der Waals surface area contributed by atoms with Gasteiger partial charge in [-0.25, -0.2) is 0 Å². The first-order valence-corrected chi connectivity index (χ1v) is 7.29. The molecule has 0 saturated heterocycles. The molecule has 2 heterocycles. The van der Waals surface area contributed by atoms with Crippen LogP contribution in [0.15, 0.2) is 48.5 Å². The molecule has 109 valence electrons. The lowest BCUT2D eigenvalue weighted by atomic mass is 10.1. The molecule has 0 amide bonds. The summed E-state index contributed by atoms with van der Waals surface area (Å²) in [6.45, 7) is 4.45. The maximum absolute atomic E-state index is 5.49. The lowest BCUT2D eigenvalue weighted by Gasteiger charge is -2.13. The van der Waals surface area contributed by atoms with Crippen LogP contribution in [0.5, 0.6) is 11.5 Å². The molecular formula is C19H16NO2. The summed E-state index contributed by atoms with van der Waals surface area (Å²) < 4.78 is 13.1. The molecule has 1 aromatic heterocycles. The third kappa shape index (κ3) is 2.06. The molecule has 0 unspecified atom stereocenters. The highest BCUT2D eigenvalue weighted by Crippen LogP contribution is 2.35. The van der Waals surface area contributed by atoms with Crippen LogP contribution >= 0.6 is 0 Å². The summed E-state index contributed by atoms with van der Waals surface area (Å²) >= 11 is 0. The molecule has 0 spiro atoms. The van der Waals surface area contributed by atoms with E-state index in [9.17, 15) is 0 Å². The molecule has 1 radical (unpaired) electrons. The third-order valence-electron chi connectivity index (χ3n) is 3.96. The van der Waals surface area contributed by atoms with Crippen LogP contribution in [0.2, 0.25) is 0 Å². The number of benzene rings is 2. The number of aromatic nitrogens is 1. The Hall–Kier alpha value is -2.68. The molecule has 1 aliphatic heterocycles. The van der Waals surface area contributed by atoms with Crippen LogP contribution in [0.3, 0.4) is 0 Å². The number of hydrogen-bond donors (Lipinski definition) is 0. The summed E-state index contributed by atoms with van der Waals surface area (Å²) in [4.78, 5) is 0. The zero-order valence-corrected chi connectivity index (χ0v) is 12.6. The van der Waals surface area contributed by atoms with Gasteiger partial charge < -0.3 is 14.0 Å². The second-order valence-electron chi connectivity index (χ2n) is 5.50. The van der Waals surface area contributed by atoms with Gasteiger partial charge in [0.25, 0.3) is 0 Å². The summed E-state index contributed by atoms with van der Waals surface area (Å²) in [5.41, 5.74) is 5.67. The van der Waals surface area contributed by atoms with Gasteiger partial charge >= 0.3 is 0 Å². The van der Waals surface area contributed by atoms with Crippen molar-refractivity contribution in [2.45, 2.75) is 13.8 Å². The van der Waals surface area contributed by atoms with E-state index in [0.717, 1.165) is 28.6 Å². The Morgan fingerprint density at radius 3 is 2.55 bits per heavy atom. The normalized spacial score (nSPS) is 12.6. The minimum absolute atomic E-state index is 0.292. The van der Waals surface area contributed by atoms with E-state index in [1.54, 1.807) is 0 Å². The van der Waals surface area contributed by atoms with Gasteiger partial charge in [-0.05, 0) is 37.6 Å². The smallest absolute Gasteiger partial charge is 0.231 e. The summed E-state index contributed by atoms with van der Waals surface area (Å²) in [5.74, 6) is 1.59. The van der Waals surface area contributed by atoms with E-state index in [2.05, 4.69) is 48.7 Å². The van der Waals surface area contributed by atoms with E-state index in [0.29, 0.717) is 6.79 Å². The quantitative estimate of drug-likeness (QED) is 0.703. The van der Waals surface area contributed by atoms with E-state index >= 15 is 0 Å². The zero-order valence-electron chi connectivity index (χ0n) is 12.6. The lowest BCUT2D eigenvalue weighted by molar-refractivity contribution is 0.174. The Kier molecular flexibility index (Phi) is 2.93. The van der Waals surface area contributed by atoms with E-state index in [1.165, 1.54) is 11.1 Å². The Bertz CT molecular complexity index is 831. The van der Waals surface area contributed by atoms with Gasteiger partial charge in [-0.15, -0.1) is 0 Å². The molecule has 0 saturated carbocycles. The first-order chi connectivity index (χ1) is 10.7. The minimum atomic E-state index is 0.292. The van der Waals surface area contributed by atoms with Crippen LogP contribution in [0, 0.1) is 19.9 Å². The van der Waals surface area contributed by atoms with Crippen molar-refractivity contribution in [3.8, 4) is 28.4 Å². The summed E-state index contributed by atoms with van der Waals surface area (Å²) in [7, 11) is 0. The molecule has 0 bridgehead atoms. The molecule has 3 nitrogen and oxygen atoms in total. The second-order valence-corrected chi connectivity index (χ2v) is 5.50. The molecule has 3 heteroatoms. The van der Waals surface area contributed by atoms with E-state index in [-0.39, 0.29) is 0 Å². The minimum Gasteiger partial charge on any atom is -0.454 e. The van der Waals surface area contributed by atoms with E-state index in [4.69, 9.17) is 9.47 Å². The van der Waals surface area contributed by atoms with Gasteiger partial charge in [0.1, 0.15) is 0 Å². The van der Waals surface area contributed by atoms with Crippen LogP contribution in [-0.2, 0) is 0 Å². The molecule has 4 rings (SSSR count). The van der Waals surface area contributed by atoms with Gasteiger partial charge in [0.05, 0.1) is 5.69 Å². The zero-order chi connectivity index (χ0) is 15.1. The molecule has 3 aromatic rings. The Morgan fingerprint density at radius 2 is 1.73 bits per heavy atom. The topological polar surface area (TPSA) is 23.4 Å². The van der Waals surface area contributed by atoms with Gasteiger partial charge in [0, 0.05) is 23.5 Å². The van der Waals surface area contributed by atoms with Crippen LogP contribution in [0.1, 0.15) is 11.3 Å². The van der Waals surface area contributed by atoms with Gasteiger partial charge in [0.15, 0.2) is 11.5 Å². The fraction of sp³-hybridized carbons (Fsp3) is 0.158. The summed E-state index contributed by atoms with van der Waals surface area (Å²) in [5, 5.41) is 0. The Balaban J connectivity index is 1.85. The third-order valence-corrected chi connectivity index (χ3v) is 3.96. The van der Waals surface area contributed by atoms with Crippen molar-refractivity contribution in [2.75, 3.05) is 6.79 Å². The average Bonchev–Trinajstić information content (AvgIpc) is 3.13. The van der Waals surface area contributed by atoms with Crippen molar-refractivity contribution in [1.29, 1.82) is 0 Å². The summed E-state index contributed by atoms with van der Waals surface area (Å²) in [6.07, 6.45) is 0. The van der Waals surface area contributed by atoms with Crippen molar-refractivity contribution >= 4 is 0 Å². The molecule has 0 fully saturated rings. The van der Waals surface area contributed by atoms with Crippen LogP contribution in [-0.4, -0.2) is 11.4 Å². The maximum Gasteiger partial charge on any atom is 0.231 e. The van der Waals surface area contributed by atoms with E-state index < -0.39 is 0 Å². The van der Waals surface area contributed by atoms with E-state index in [1.807, 2.05) is 24.3 Å². The predicted octanol–water partition coefficient (Wildman–Crippen LogP) is 4.29. The van der Waals surface area contributed by atoms with Gasteiger partial charge in [-0.3, -0.25) is 0 Å². The largest absolute Gasteiger partial charge is 0.454 e. The molecule has 2 aromatic carbocycles. The first-order valence-electron chi connectivity index (χ1n) is 7.29. The average molecular weight is 290 g/mol. The highest BCUT2D eigenvalue weighted by molar-refractivity contribution is 5.65. The second kappa shape index (κ2) is 4.95. The van der Waals surface area contributed by atoms with Crippen molar-refractivity contribution in [2.24, 2.45) is 0 Å². The van der Waals surface area contributed by atoms with Crippen LogP contribution in [0.4, 0.5) is 0 Å². The number of ether oxygens (including phenoxy) is 2. The maximum atomic E-state index is 5.49. The number of fused-ring (bicyclic) bond motifs is 1. The Labute approximate surface area is 129 Å². The number of aryl methyl sites for hydroxylation is 2. The number of rotatable bonds is 2. The molecule has 0 aliphatic carbocycles. The van der Waals surface area contributed by atoms with Crippen molar-refractivity contribution < 1.29 is 9.47 Å². The van der Waals surface area contributed by atoms with Crippen LogP contribution in [0.25, 0.3) is 16.9 Å². The molecule has 0 N–H and O–H groups in total. The standard InChI is InChI=1S/C19H16NO2/c1-13-3-6-15(7-4-13)17-9-5-14(2)20(17)16-8-10-18-19(11-16)22-12-21-18/h3-4,6-11H,12H2,1-2H3. The molecule has 1 aliphatic rings. The number of hydrogen-bond acceptors (Lipinski definition) is 2. The fourth-order valence-corrected chi connectivity index (χ4v) is 2.78. The predicted molar refractivity (Wildman–Crippen MR) is 85.6 cm³/mol. The number of nitrogens with zero attached hydrogens (tertiary/aromatic N) is 1. The first kappa shape index (κ1) is 13.0. The monoisotopic (exact) mass is 290 g/mol. The highest BCUT2D eigenvalue weighted by atomic mass is 16.7. The van der Waals surface area contributed by atoms with Crippen LogP contribution < -0.4 is 9.47 Å². The molecule has 22 heavy (non-hydrogen) atoms. The Morgan fingerprint density at radius 1 is 0.955 bits per heavy atom. The van der Waals surface area contributed by atoms with Gasteiger partial charge in [-0.2, -0.15) is 0 Å². The van der Waals surface area contributed by atoms with Crippen molar-refractivity contribution in [1.82, 2.24) is 4.57 Å². The summed E-state index contributed by atoms with van der Waals surface area (Å²) in [6, 6.07) is 19.9. The SMILES string of the molecule is Cc1ccc(-c2c[c]c(C)n2-c2ccc3c(c2)OCO3)cc1. The van der Waals surface area contributed by atoms with Crippen molar-refractivity contribution in [3.63, 3.8) is 0 Å².